The zero-order valence-electron chi connectivity index (χ0n) is 19.8. The first kappa shape index (κ1) is 23.5. The Balaban J connectivity index is 1.57. The van der Waals surface area contributed by atoms with Crippen molar-refractivity contribution >= 4 is 28.3 Å². The number of pyridine rings is 1. The van der Waals surface area contributed by atoms with Crippen LogP contribution in [0.25, 0.3) is 27.7 Å². The smallest absolute Gasteiger partial charge is 0.272 e. The van der Waals surface area contributed by atoms with E-state index in [-0.39, 0.29) is 17.2 Å². The summed E-state index contributed by atoms with van der Waals surface area (Å²) in [5, 5.41) is 4.54. The van der Waals surface area contributed by atoms with Gasteiger partial charge in [0.2, 0.25) is 0 Å². The van der Waals surface area contributed by atoms with E-state index in [9.17, 15) is 9.59 Å². The average molecular weight is 495 g/mol. The fourth-order valence-electron chi connectivity index (χ4n) is 4.25. The maximum Gasteiger partial charge on any atom is 0.272 e. The maximum atomic E-state index is 13.6. The summed E-state index contributed by atoms with van der Waals surface area (Å²) in [6.45, 7) is 3.59. The van der Waals surface area contributed by atoms with E-state index in [2.05, 4.69) is 15.3 Å². The van der Waals surface area contributed by atoms with Crippen LogP contribution in [0.3, 0.4) is 0 Å². The lowest BCUT2D eigenvalue weighted by atomic mass is 10.1. The molecule has 6 nitrogen and oxygen atoms in total. The summed E-state index contributed by atoms with van der Waals surface area (Å²) in [4.78, 5) is 36.0. The summed E-state index contributed by atoms with van der Waals surface area (Å²) in [6, 6.07) is 25.6. The lowest BCUT2D eigenvalue weighted by Gasteiger charge is -2.21. The van der Waals surface area contributed by atoms with E-state index in [1.807, 2.05) is 79.7 Å². The number of carbonyl (C=O) groups is 1. The highest BCUT2D eigenvalue weighted by Crippen LogP contribution is 2.26. The topological polar surface area (TPSA) is 76.9 Å². The summed E-state index contributed by atoms with van der Waals surface area (Å²) in [7, 11) is 0. The van der Waals surface area contributed by atoms with E-state index in [4.69, 9.17) is 11.6 Å². The molecule has 5 rings (SSSR count). The molecule has 36 heavy (non-hydrogen) atoms. The number of aryl methyl sites for hydroxylation is 1. The normalized spacial score (nSPS) is 11.9. The summed E-state index contributed by atoms with van der Waals surface area (Å²) in [5.41, 5.74) is 3.30. The van der Waals surface area contributed by atoms with E-state index < -0.39 is 6.04 Å². The highest BCUT2D eigenvalue weighted by molar-refractivity contribution is 6.35. The van der Waals surface area contributed by atoms with Crippen LogP contribution < -0.4 is 10.9 Å². The van der Waals surface area contributed by atoms with Crippen LogP contribution in [-0.2, 0) is 0 Å². The number of carbonyl (C=O) groups excluding carboxylic acids is 1. The molecule has 1 amide bonds. The summed E-state index contributed by atoms with van der Waals surface area (Å²) in [6.07, 6.45) is 1.66. The number of rotatable bonds is 5. The molecule has 2 aromatic heterocycles. The Kier molecular flexibility index (Phi) is 6.36. The third-order valence-electron chi connectivity index (χ3n) is 6.07. The van der Waals surface area contributed by atoms with E-state index in [0.717, 1.165) is 5.56 Å². The number of hydrogen-bond acceptors (Lipinski definition) is 4. The first-order valence-corrected chi connectivity index (χ1v) is 11.9. The number of amides is 1. The van der Waals surface area contributed by atoms with Crippen molar-refractivity contribution in [3.8, 4) is 16.9 Å². The Labute approximate surface area is 213 Å². The highest BCUT2D eigenvalue weighted by Gasteiger charge is 2.21. The minimum absolute atomic E-state index is 0.237. The van der Waals surface area contributed by atoms with Gasteiger partial charge in [-0.15, -0.1) is 0 Å². The van der Waals surface area contributed by atoms with Crippen LogP contribution in [-0.4, -0.2) is 20.4 Å². The van der Waals surface area contributed by atoms with Crippen LogP contribution in [0, 0.1) is 6.92 Å². The number of para-hydroxylation sites is 1. The molecule has 0 fully saturated rings. The zero-order valence-corrected chi connectivity index (χ0v) is 20.5. The molecule has 0 aliphatic rings. The van der Waals surface area contributed by atoms with Gasteiger partial charge in [0.25, 0.3) is 11.5 Å². The van der Waals surface area contributed by atoms with Crippen molar-refractivity contribution in [2.24, 2.45) is 0 Å². The molecule has 2 heterocycles. The van der Waals surface area contributed by atoms with Gasteiger partial charge >= 0.3 is 0 Å². The van der Waals surface area contributed by atoms with Crippen LogP contribution in [0.5, 0.6) is 0 Å². The van der Waals surface area contributed by atoms with Crippen molar-refractivity contribution < 1.29 is 4.79 Å². The van der Waals surface area contributed by atoms with Gasteiger partial charge in [-0.2, -0.15) is 0 Å². The molecule has 0 bridgehead atoms. The molecule has 5 aromatic rings. The quantitative estimate of drug-likeness (QED) is 0.330. The summed E-state index contributed by atoms with van der Waals surface area (Å²) < 4.78 is 1.60. The lowest BCUT2D eigenvalue weighted by molar-refractivity contribution is 0.0932. The average Bonchev–Trinajstić information content (AvgIpc) is 2.89. The monoisotopic (exact) mass is 494 g/mol. The molecule has 0 aliphatic carbocycles. The zero-order chi connectivity index (χ0) is 25.2. The van der Waals surface area contributed by atoms with Crippen molar-refractivity contribution in [1.82, 2.24) is 19.9 Å². The number of nitrogens with one attached hydrogen (secondary N) is 1. The van der Waals surface area contributed by atoms with Crippen LogP contribution in [0.2, 0.25) is 5.02 Å². The maximum absolute atomic E-state index is 13.6. The van der Waals surface area contributed by atoms with Gasteiger partial charge in [0.1, 0.15) is 5.69 Å². The van der Waals surface area contributed by atoms with Gasteiger partial charge in [-0.3, -0.25) is 19.1 Å². The Morgan fingerprint density at radius 2 is 1.67 bits per heavy atom. The van der Waals surface area contributed by atoms with Gasteiger partial charge in [-0.05, 0) is 43.5 Å². The molecule has 0 saturated carbocycles. The van der Waals surface area contributed by atoms with Crippen LogP contribution in [0.1, 0.15) is 34.8 Å². The van der Waals surface area contributed by atoms with E-state index >= 15 is 0 Å². The second-order valence-corrected chi connectivity index (χ2v) is 8.91. The van der Waals surface area contributed by atoms with Crippen molar-refractivity contribution in [2.75, 3.05) is 0 Å². The highest BCUT2D eigenvalue weighted by atomic mass is 35.5. The SMILES string of the molecule is Cc1ncc(-c2ccccc2)nc1C(=O)N[C@@H](C)c1cc2cccc(Cl)c2c(=O)n1-c1ccccc1. The summed E-state index contributed by atoms with van der Waals surface area (Å²) in [5.74, 6) is -0.372. The molecule has 3 aromatic carbocycles. The molecule has 178 valence electrons. The number of halogens is 1. The first-order chi connectivity index (χ1) is 17.4. The molecule has 7 heteroatoms. The number of nitrogens with zero attached hydrogens (tertiary/aromatic N) is 3. The Morgan fingerprint density at radius 3 is 2.39 bits per heavy atom. The molecule has 0 unspecified atom stereocenters. The molecule has 0 aliphatic heterocycles. The third-order valence-corrected chi connectivity index (χ3v) is 6.39. The predicted molar refractivity (Wildman–Crippen MR) is 143 cm³/mol. The second kappa shape index (κ2) is 9.76. The van der Waals surface area contributed by atoms with E-state index in [0.29, 0.717) is 38.6 Å². The molecular formula is C29H23ClN4O2. The standard InChI is InChI=1S/C29H23ClN4O2/c1-18(32-28(35)27-19(2)31-17-24(33-27)20-10-5-3-6-11-20)25-16-21-12-9-15-23(30)26(21)29(36)34(25)22-13-7-4-8-14-22/h3-18H,1-2H3,(H,32,35)/t18-/m0/s1. The first-order valence-electron chi connectivity index (χ1n) is 11.5. The fraction of sp³-hybridized carbons (Fsp3) is 0.103. The third kappa shape index (κ3) is 4.39. The van der Waals surface area contributed by atoms with Crippen molar-refractivity contribution in [3.05, 3.63) is 124 Å². The minimum atomic E-state index is -0.518. The van der Waals surface area contributed by atoms with Crippen molar-refractivity contribution in [1.29, 1.82) is 0 Å². The molecule has 1 N–H and O–H groups in total. The summed E-state index contributed by atoms with van der Waals surface area (Å²) >= 11 is 6.40. The number of hydrogen-bond donors (Lipinski definition) is 1. The minimum Gasteiger partial charge on any atom is -0.343 e. The van der Waals surface area contributed by atoms with Crippen molar-refractivity contribution in [2.45, 2.75) is 19.9 Å². The number of fused-ring (bicyclic) bond motifs is 1. The number of benzene rings is 3. The Hall–Kier alpha value is -4.29. The van der Waals surface area contributed by atoms with Gasteiger partial charge in [0.15, 0.2) is 0 Å². The molecule has 0 saturated heterocycles. The predicted octanol–water partition coefficient (Wildman–Crippen LogP) is 5.90. The van der Waals surface area contributed by atoms with Gasteiger partial charge in [-0.25, -0.2) is 4.98 Å². The van der Waals surface area contributed by atoms with Crippen LogP contribution in [0.15, 0.2) is 95.9 Å². The molecule has 0 radical (unpaired) electrons. The number of aromatic nitrogens is 3. The van der Waals surface area contributed by atoms with E-state index in [1.54, 1.807) is 29.8 Å². The molecule has 0 spiro atoms. The lowest BCUT2D eigenvalue weighted by Crippen LogP contribution is -2.33. The Bertz CT molecular complexity index is 1630. The van der Waals surface area contributed by atoms with Crippen LogP contribution in [0.4, 0.5) is 0 Å². The van der Waals surface area contributed by atoms with Gasteiger partial charge in [0, 0.05) is 16.9 Å². The Morgan fingerprint density at radius 1 is 0.972 bits per heavy atom. The van der Waals surface area contributed by atoms with E-state index in [1.165, 1.54) is 0 Å². The van der Waals surface area contributed by atoms with Gasteiger partial charge < -0.3 is 5.32 Å². The van der Waals surface area contributed by atoms with Gasteiger partial charge in [-0.1, -0.05) is 72.3 Å². The van der Waals surface area contributed by atoms with Crippen LogP contribution >= 0.6 is 11.6 Å². The largest absolute Gasteiger partial charge is 0.343 e. The molecular weight excluding hydrogens is 472 g/mol. The van der Waals surface area contributed by atoms with Gasteiger partial charge in [0.05, 0.1) is 34.0 Å². The van der Waals surface area contributed by atoms with Crippen molar-refractivity contribution in [3.63, 3.8) is 0 Å². The molecule has 1 atom stereocenters. The fourth-order valence-corrected chi connectivity index (χ4v) is 4.52. The second-order valence-electron chi connectivity index (χ2n) is 8.50.